The molecule has 1 rings (SSSR count). The maximum absolute atomic E-state index is 5.67. The van der Waals surface area contributed by atoms with Crippen LogP contribution in [0.15, 0.2) is 17.5 Å². The average molecular weight is 214 g/mol. The second-order valence-corrected chi connectivity index (χ2v) is 5.14. The van der Waals surface area contributed by atoms with E-state index >= 15 is 0 Å². The molecular formula is C10H18N2OS. The highest BCUT2D eigenvalue weighted by Crippen LogP contribution is 2.20. The first kappa shape index (κ1) is 11.7. The van der Waals surface area contributed by atoms with E-state index in [4.69, 9.17) is 10.6 Å². The second-order valence-electron chi connectivity index (χ2n) is 4.16. The van der Waals surface area contributed by atoms with Gasteiger partial charge in [0.2, 0.25) is 0 Å². The van der Waals surface area contributed by atoms with Gasteiger partial charge in [0.05, 0.1) is 18.2 Å². The molecule has 1 aromatic heterocycles. The molecule has 0 saturated carbocycles. The summed E-state index contributed by atoms with van der Waals surface area (Å²) >= 11 is 1.68. The van der Waals surface area contributed by atoms with Gasteiger partial charge in [0.15, 0.2) is 0 Å². The van der Waals surface area contributed by atoms with Gasteiger partial charge in [-0.3, -0.25) is 5.84 Å². The Morgan fingerprint density at radius 1 is 1.57 bits per heavy atom. The molecule has 1 aromatic rings. The molecule has 1 atom stereocenters. The highest BCUT2D eigenvalue weighted by atomic mass is 32.1. The second kappa shape index (κ2) is 4.89. The normalized spacial score (nSPS) is 14.3. The van der Waals surface area contributed by atoms with Crippen LogP contribution in [0, 0.1) is 0 Å². The van der Waals surface area contributed by atoms with Gasteiger partial charge in [0.1, 0.15) is 0 Å². The van der Waals surface area contributed by atoms with Crippen LogP contribution >= 0.6 is 11.3 Å². The monoisotopic (exact) mass is 214 g/mol. The molecule has 3 nitrogen and oxygen atoms in total. The summed E-state index contributed by atoms with van der Waals surface area (Å²) in [5.74, 6) is 5.47. The van der Waals surface area contributed by atoms with Gasteiger partial charge in [-0.1, -0.05) is 6.07 Å². The number of hydrogen-bond acceptors (Lipinski definition) is 4. The van der Waals surface area contributed by atoms with Crippen LogP contribution in [-0.4, -0.2) is 12.2 Å². The van der Waals surface area contributed by atoms with Crippen molar-refractivity contribution in [2.24, 2.45) is 5.84 Å². The first-order valence-corrected chi connectivity index (χ1v) is 5.54. The van der Waals surface area contributed by atoms with Crippen LogP contribution in [0.3, 0.4) is 0 Å². The summed E-state index contributed by atoms with van der Waals surface area (Å²) in [6.45, 7) is 6.71. The zero-order valence-corrected chi connectivity index (χ0v) is 9.73. The van der Waals surface area contributed by atoms with E-state index in [0.717, 1.165) is 0 Å². The summed E-state index contributed by atoms with van der Waals surface area (Å²) in [6.07, 6.45) is 0. The van der Waals surface area contributed by atoms with E-state index in [2.05, 4.69) is 11.5 Å². The highest BCUT2D eigenvalue weighted by Gasteiger charge is 2.16. The molecule has 3 N–H and O–H groups in total. The minimum atomic E-state index is -0.119. The van der Waals surface area contributed by atoms with Crippen LogP contribution in [0.5, 0.6) is 0 Å². The van der Waals surface area contributed by atoms with Gasteiger partial charge in [0.25, 0.3) is 0 Å². The van der Waals surface area contributed by atoms with E-state index in [1.807, 2.05) is 32.2 Å². The third-order valence-electron chi connectivity index (χ3n) is 1.77. The van der Waals surface area contributed by atoms with Crippen LogP contribution in [0.4, 0.5) is 0 Å². The van der Waals surface area contributed by atoms with Crippen LogP contribution in [0.1, 0.15) is 31.7 Å². The molecule has 0 amide bonds. The lowest BCUT2D eigenvalue weighted by atomic mass is 10.2. The predicted molar refractivity (Wildman–Crippen MR) is 60.1 cm³/mol. The maximum atomic E-state index is 5.67. The van der Waals surface area contributed by atoms with E-state index in [0.29, 0.717) is 6.61 Å². The summed E-state index contributed by atoms with van der Waals surface area (Å²) in [5, 5.41) is 2.04. The number of hydrazine groups is 1. The summed E-state index contributed by atoms with van der Waals surface area (Å²) in [4.78, 5) is 1.21. The number of nitrogens with two attached hydrogens (primary N) is 1. The van der Waals surface area contributed by atoms with Crippen molar-refractivity contribution in [2.75, 3.05) is 6.61 Å². The first-order chi connectivity index (χ1) is 6.53. The van der Waals surface area contributed by atoms with Crippen molar-refractivity contribution in [1.82, 2.24) is 5.43 Å². The molecule has 4 heteroatoms. The van der Waals surface area contributed by atoms with E-state index in [1.54, 1.807) is 11.3 Å². The smallest absolute Gasteiger partial charge is 0.0786 e. The Morgan fingerprint density at radius 3 is 2.71 bits per heavy atom. The molecule has 1 unspecified atom stereocenters. The fourth-order valence-electron chi connectivity index (χ4n) is 1.04. The van der Waals surface area contributed by atoms with Gasteiger partial charge in [-0.15, -0.1) is 11.3 Å². The quantitative estimate of drug-likeness (QED) is 0.596. The Kier molecular flexibility index (Phi) is 4.07. The molecule has 80 valence electrons. The summed E-state index contributed by atoms with van der Waals surface area (Å²) in [5.41, 5.74) is 2.64. The highest BCUT2D eigenvalue weighted by molar-refractivity contribution is 7.10. The molecule has 0 radical (unpaired) electrons. The van der Waals surface area contributed by atoms with Crippen LogP contribution in [-0.2, 0) is 4.74 Å². The van der Waals surface area contributed by atoms with Crippen molar-refractivity contribution in [3.8, 4) is 0 Å². The van der Waals surface area contributed by atoms with Crippen molar-refractivity contribution in [2.45, 2.75) is 32.4 Å². The zero-order chi connectivity index (χ0) is 10.6. The van der Waals surface area contributed by atoms with Crippen molar-refractivity contribution >= 4 is 11.3 Å². The lowest BCUT2D eigenvalue weighted by Crippen LogP contribution is -2.33. The topological polar surface area (TPSA) is 47.3 Å². The van der Waals surface area contributed by atoms with Gasteiger partial charge in [0, 0.05) is 4.88 Å². The Balaban J connectivity index is 2.49. The SMILES string of the molecule is CC(C)(C)OCC(NN)c1cccs1. The Labute approximate surface area is 89.2 Å². The number of thiophene rings is 1. The molecule has 0 aromatic carbocycles. The minimum absolute atomic E-state index is 0.0919. The average Bonchev–Trinajstić information content (AvgIpc) is 2.56. The number of nitrogens with one attached hydrogen (secondary N) is 1. The van der Waals surface area contributed by atoms with Gasteiger partial charge in [-0.05, 0) is 32.2 Å². The molecule has 14 heavy (non-hydrogen) atoms. The van der Waals surface area contributed by atoms with E-state index in [1.165, 1.54) is 4.88 Å². The van der Waals surface area contributed by atoms with Gasteiger partial charge in [-0.2, -0.15) is 0 Å². The fraction of sp³-hybridized carbons (Fsp3) is 0.600. The Hall–Kier alpha value is -0.420. The Morgan fingerprint density at radius 2 is 2.29 bits per heavy atom. The standard InChI is InChI=1S/C10H18N2OS/c1-10(2,3)13-7-8(12-11)9-5-4-6-14-9/h4-6,8,12H,7,11H2,1-3H3. The molecule has 0 aliphatic rings. The van der Waals surface area contributed by atoms with Gasteiger partial charge >= 0.3 is 0 Å². The number of ether oxygens (including phenoxy) is 1. The number of hydrogen-bond donors (Lipinski definition) is 2. The molecule has 0 spiro atoms. The Bertz CT molecular complexity index is 254. The summed E-state index contributed by atoms with van der Waals surface area (Å²) in [6, 6.07) is 4.16. The fourth-order valence-corrected chi connectivity index (χ4v) is 1.81. The van der Waals surface area contributed by atoms with Gasteiger partial charge in [-0.25, -0.2) is 5.43 Å². The van der Waals surface area contributed by atoms with Crippen molar-refractivity contribution in [3.63, 3.8) is 0 Å². The molecule has 0 aliphatic heterocycles. The minimum Gasteiger partial charge on any atom is -0.374 e. The lowest BCUT2D eigenvalue weighted by Gasteiger charge is -2.23. The van der Waals surface area contributed by atoms with Crippen LogP contribution < -0.4 is 11.3 Å². The molecular weight excluding hydrogens is 196 g/mol. The summed E-state index contributed by atoms with van der Waals surface area (Å²) < 4.78 is 5.67. The molecule has 1 heterocycles. The first-order valence-electron chi connectivity index (χ1n) is 4.66. The van der Waals surface area contributed by atoms with Crippen molar-refractivity contribution in [3.05, 3.63) is 22.4 Å². The van der Waals surface area contributed by atoms with Crippen molar-refractivity contribution in [1.29, 1.82) is 0 Å². The van der Waals surface area contributed by atoms with Gasteiger partial charge < -0.3 is 4.74 Å². The van der Waals surface area contributed by atoms with E-state index in [9.17, 15) is 0 Å². The van der Waals surface area contributed by atoms with Crippen LogP contribution in [0.2, 0.25) is 0 Å². The number of rotatable bonds is 4. The molecule has 0 fully saturated rings. The summed E-state index contributed by atoms with van der Waals surface area (Å²) in [7, 11) is 0. The molecule has 0 bridgehead atoms. The zero-order valence-electron chi connectivity index (χ0n) is 8.91. The van der Waals surface area contributed by atoms with Crippen molar-refractivity contribution < 1.29 is 4.74 Å². The van der Waals surface area contributed by atoms with E-state index in [-0.39, 0.29) is 11.6 Å². The maximum Gasteiger partial charge on any atom is 0.0786 e. The largest absolute Gasteiger partial charge is 0.374 e. The molecule has 0 aliphatic carbocycles. The van der Waals surface area contributed by atoms with Crippen LogP contribution in [0.25, 0.3) is 0 Å². The predicted octanol–water partition coefficient (Wildman–Crippen LogP) is 2.07. The third-order valence-corrected chi connectivity index (χ3v) is 2.76. The van der Waals surface area contributed by atoms with E-state index < -0.39 is 0 Å². The lowest BCUT2D eigenvalue weighted by molar-refractivity contribution is -0.0143. The molecule has 0 saturated heterocycles. The third kappa shape index (κ3) is 3.75.